The summed E-state index contributed by atoms with van der Waals surface area (Å²) in [4.78, 5) is 16.6. The number of nitrogens with one attached hydrogen (secondary N) is 2. The van der Waals surface area contributed by atoms with Gasteiger partial charge in [0.15, 0.2) is 11.5 Å². The third-order valence-electron chi connectivity index (χ3n) is 4.18. The topological polar surface area (TPSA) is 72.5 Å². The standard InChI is InChI=1S/C20H27N3O3/c1-5-14(2)23-19-13-16(9-11-21-19)20(24)22-10-8-15-6-7-17(25-3)18(12-15)26-4/h6-7,9,11-14H,5,8,10H2,1-4H3,(H,21,23)(H,22,24). The number of ether oxygens (including phenoxy) is 2. The highest BCUT2D eigenvalue weighted by Crippen LogP contribution is 2.27. The normalized spacial score (nSPS) is 11.5. The van der Waals surface area contributed by atoms with Crippen LogP contribution < -0.4 is 20.1 Å². The highest BCUT2D eigenvalue weighted by Gasteiger charge is 2.09. The Morgan fingerprint density at radius 1 is 1.15 bits per heavy atom. The highest BCUT2D eigenvalue weighted by molar-refractivity contribution is 5.94. The lowest BCUT2D eigenvalue weighted by molar-refractivity contribution is 0.0954. The largest absolute Gasteiger partial charge is 0.493 e. The minimum absolute atomic E-state index is 0.111. The van der Waals surface area contributed by atoms with Gasteiger partial charge in [-0.1, -0.05) is 13.0 Å². The van der Waals surface area contributed by atoms with Crippen molar-refractivity contribution in [1.82, 2.24) is 10.3 Å². The van der Waals surface area contributed by atoms with Crippen molar-refractivity contribution in [2.75, 3.05) is 26.1 Å². The average molecular weight is 357 g/mol. The molecule has 1 aromatic heterocycles. The van der Waals surface area contributed by atoms with Gasteiger partial charge in [-0.05, 0) is 49.6 Å². The second-order valence-corrected chi connectivity index (χ2v) is 6.08. The number of methoxy groups -OCH3 is 2. The molecule has 0 fully saturated rings. The number of benzene rings is 1. The lowest BCUT2D eigenvalue weighted by Gasteiger charge is -2.13. The van der Waals surface area contributed by atoms with Crippen molar-refractivity contribution in [2.45, 2.75) is 32.7 Å². The van der Waals surface area contributed by atoms with Gasteiger partial charge >= 0.3 is 0 Å². The van der Waals surface area contributed by atoms with E-state index in [1.54, 1.807) is 32.5 Å². The molecule has 0 aliphatic carbocycles. The van der Waals surface area contributed by atoms with Gasteiger partial charge in [0, 0.05) is 24.3 Å². The lowest BCUT2D eigenvalue weighted by atomic mass is 10.1. The van der Waals surface area contributed by atoms with Crippen LogP contribution in [-0.4, -0.2) is 37.7 Å². The fourth-order valence-electron chi connectivity index (χ4n) is 2.46. The smallest absolute Gasteiger partial charge is 0.251 e. The molecule has 2 rings (SSSR count). The van der Waals surface area contributed by atoms with Crippen molar-refractivity contribution in [3.8, 4) is 11.5 Å². The SMILES string of the molecule is CCC(C)Nc1cc(C(=O)NCCc2ccc(OC)c(OC)c2)ccn1. The first-order chi connectivity index (χ1) is 12.6. The summed E-state index contributed by atoms with van der Waals surface area (Å²) in [5.41, 5.74) is 1.66. The van der Waals surface area contributed by atoms with Crippen LogP contribution in [0.4, 0.5) is 5.82 Å². The molecule has 2 aromatic rings. The monoisotopic (exact) mass is 357 g/mol. The third kappa shape index (κ3) is 5.37. The molecule has 140 valence electrons. The van der Waals surface area contributed by atoms with Gasteiger partial charge in [0.2, 0.25) is 0 Å². The van der Waals surface area contributed by atoms with E-state index in [0.29, 0.717) is 41.9 Å². The molecule has 1 amide bonds. The predicted octanol–water partition coefficient (Wildman–Crippen LogP) is 3.28. The highest BCUT2D eigenvalue weighted by atomic mass is 16.5. The van der Waals surface area contributed by atoms with E-state index in [2.05, 4.69) is 29.5 Å². The van der Waals surface area contributed by atoms with Gasteiger partial charge in [0.25, 0.3) is 5.91 Å². The number of anilines is 1. The van der Waals surface area contributed by atoms with Gasteiger partial charge in [-0.15, -0.1) is 0 Å². The molecular formula is C20H27N3O3. The minimum Gasteiger partial charge on any atom is -0.493 e. The van der Waals surface area contributed by atoms with E-state index in [0.717, 1.165) is 12.0 Å². The first kappa shape index (κ1) is 19.6. The van der Waals surface area contributed by atoms with Gasteiger partial charge in [-0.2, -0.15) is 0 Å². The van der Waals surface area contributed by atoms with Crippen molar-refractivity contribution in [3.63, 3.8) is 0 Å². The summed E-state index contributed by atoms with van der Waals surface area (Å²) in [7, 11) is 3.22. The maximum absolute atomic E-state index is 12.4. The van der Waals surface area contributed by atoms with E-state index < -0.39 is 0 Å². The summed E-state index contributed by atoms with van der Waals surface area (Å²) in [6, 6.07) is 9.56. The van der Waals surface area contributed by atoms with E-state index in [-0.39, 0.29) is 5.91 Å². The van der Waals surface area contributed by atoms with Gasteiger partial charge in [-0.25, -0.2) is 4.98 Å². The van der Waals surface area contributed by atoms with Crippen LogP contribution in [0.1, 0.15) is 36.2 Å². The first-order valence-electron chi connectivity index (χ1n) is 8.79. The molecule has 6 nitrogen and oxygen atoms in total. The molecule has 0 aliphatic heterocycles. The molecule has 26 heavy (non-hydrogen) atoms. The average Bonchev–Trinajstić information content (AvgIpc) is 2.67. The van der Waals surface area contributed by atoms with Crippen molar-refractivity contribution in [1.29, 1.82) is 0 Å². The Hall–Kier alpha value is -2.76. The Morgan fingerprint density at radius 2 is 1.92 bits per heavy atom. The van der Waals surface area contributed by atoms with Crippen molar-refractivity contribution >= 4 is 11.7 Å². The van der Waals surface area contributed by atoms with Crippen molar-refractivity contribution in [2.24, 2.45) is 0 Å². The van der Waals surface area contributed by atoms with Crippen LogP contribution in [0.2, 0.25) is 0 Å². The number of carbonyl (C=O) groups excluding carboxylic acids is 1. The molecule has 0 aliphatic rings. The number of pyridine rings is 1. The lowest BCUT2D eigenvalue weighted by Crippen LogP contribution is -2.26. The molecule has 0 radical (unpaired) electrons. The zero-order valence-corrected chi connectivity index (χ0v) is 15.8. The van der Waals surface area contributed by atoms with Crippen molar-refractivity contribution in [3.05, 3.63) is 47.7 Å². The molecule has 0 bridgehead atoms. The zero-order valence-electron chi connectivity index (χ0n) is 15.8. The van der Waals surface area contributed by atoms with E-state index in [1.807, 2.05) is 18.2 Å². The molecule has 6 heteroatoms. The van der Waals surface area contributed by atoms with Crippen LogP contribution in [0.3, 0.4) is 0 Å². The van der Waals surface area contributed by atoms with Crippen LogP contribution in [0.5, 0.6) is 11.5 Å². The summed E-state index contributed by atoms with van der Waals surface area (Å²) < 4.78 is 10.5. The number of carbonyl (C=O) groups is 1. The first-order valence-corrected chi connectivity index (χ1v) is 8.79. The second kappa shape index (κ2) is 9.65. The number of hydrogen-bond acceptors (Lipinski definition) is 5. The van der Waals surface area contributed by atoms with E-state index in [9.17, 15) is 4.79 Å². The van der Waals surface area contributed by atoms with Crippen LogP contribution >= 0.6 is 0 Å². The Morgan fingerprint density at radius 3 is 2.62 bits per heavy atom. The number of hydrogen-bond donors (Lipinski definition) is 2. The van der Waals surface area contributed by atoms with Gasteiger partial charge in [0.05, 0.1) is 14.2 Å². The van der Waals surface area contributed by atoms with Gasteiger partial charge < -0.3 is 20.1 Å². The molecular weight excluding hydrogens is 330 g/mol. The van der Waals surface area contributed by atoms with Crippen LogP contribution in [0, 0.1) is 0 Å². The Bertz CT molecular complexity index is 734. The molecule has 2 N–H and O–H groups in total. The summed E-state index contributed by atoms with van der Waals surface area (Å²) in [6.07, 6.45) is 3.34. The maximum Gasteiger partial charge on any atom is 0.251 e. The van der Waals surface area contributed by atoms with Gasteiger partial charge in [-0.3, -0.25) is 4.79 Å². The third-order valence-corrected chi connectivity index (χ3v) is 4.18. The molecule has 0 saturated carbocycles. The Balaban J connectivity index is 1.92. The molecule has 0 saturated heterocycles. The summed E-state index contributed by atoms with van der Waals surface area (Å²) in [5, 5.41) is 6.22. The molecule has 0 spiro atoms. The fourth-order valence-corrected chi connectivity index (χ4v) is 2.46. The number of rotatable bonds is 9. The van der Waals surface area contributed by atoms with Gasteiger partial charge in [0.1, 0.15) is 5.82 Å². The van der Waals surface area contributed by atoms with Crippen LogP contribution in [0.25, 0.3) is 0 Å². The molecule has 1 heterocycles. The van der Waals surface area contributed by atoms with E-state index in [1.165, 1.54) is 0 Å². The number of aromatic nitrogens is 1. The Labute approximate surface area is 154 Å². The van der Waals surface area contributed by atoms with E-state index >= 15 is 0 Å². The molecule has 1 aromatic carbocycles. The summed E-state index contributed by atoms with van der Waals surface area (Å²) in [5.74, 6) is 1.98. The summed E-state index contributed by atoms with van der Waals surface area (Å²) in [6.45, 7) is 4.71. The molecule has 1 atom stereocenters. The number of amides is 1. The second-order valence-electron chi connectivity index (χ2n) is 6.08. The zero-order chi connectivity index (χ0) is 18.9. The fraction of sp³-hybridized carbons (Fsp3) is 0.400. The minimum atomic E-state index is -0.111. The maximum atomic E-state index is 12.4. The van der Waals surface area contributed by atoms with Crippen LogP contribution in [-0.2, 0) is 6.42 Å². The Kier molecular flexibility index (Phi) is 7.26. The summed E-state index contributed by atoms with van der Waals surface area (Å²) >= 11 is 0. The van der Waals surface area contributed by atoms with Crippen molar-refractivity contribution < 1.29 is 14.3 Å². The molecule has 1 unspecified atom stereocenters. The van der Waals surface area contributed by atoms with Crippen LogP contribution in [0.15, 0.2) is 36.5 Å². The van der Waals surface area contributed by atoms with E-state index in [4.69, 9.17) is 9.47 Å². The number of nitrogens with zero attached hydrogens (tertiary/aromatic N) is 1. The predicted molar refractivity (Wildman–Crippen MR) is 103 cm³/mol. The quantitative estimate of drug-likeness (QED) is 0.720.